The molecule has 9 nitrogen and oxygen atoms in total. The number of rotatable bonds is 61. The largest absolute Gasteiger partial charge is 0.756 e. The van der Waals surface area contributed by atoms with E-state index in [0.29, 0.717) is 17.4 Å². The van der Waals surface area contributed by atoms with Crippen LogP contribution in [-0.2, 0) is 27.9 Å². The van der Waals surface area contributed by atoms with Gasteiger partial charge in [-0.05, 0) is 102 Å². The summed E-state index contributed by atoms with van der Waals surface area (Å²) in [7, 11) is 1.16. The Hall–Kier alpha value is -2.81. The molecule has 10 heteroatoms. The molecule has 81 heavy (non-hydrogen) atoms. The molecule has 3 unspecified atom stereocenters. The van der Waals surface area contributed by atoms with Crippen molar-refractivity contribution in [1.29, 1.82) is 0 Å². The molecule has 0 aliphatic carbocycles. The minimum Gasteiger partial charge on any atom is -0.756 e. The van der Waals surface area contributed by atoms with E-state index < -0.39 is 26.6 Å². The summed E-state index contributed by atoms with van der Waals surface area (Å²) in [5.74, 6) is -0.573. The highest BCUT2D eigenvalue weighted by atomic mass is 31.2. The first-order valence-electron chi connectivity index (χ1n) is 33.9. The van der Waals surface area contributed by atoms with Crippen LogP contribution in [0.3, 0.4) is 0 Å². The number of hydrogen-bond acceptors (Lipinski definition) is 7. The molecule has 0 spiro atoms. The van der Waals surface area contributed by atoms with Crippen molar-refractivity contribution in [2.45, 2.75) is 315 Å². The summed E-state index contributed by atoms with van der Waals surface area (Å²) in [5, 5.41) is 3.02. The summed E-state index contributed by atoms with van der Waals surface area (Å²) >= 11 is 0. The second kappa shape index (κ2) is 60.3. The predicted octanol–water partition coefficient (Wildman–Crippen LogP) is 20.7. The molecule has 0 aliphatic rings. The molecule has 0 aliphatic heterocycles. The van der Waals surface area contributed by atoms with E-state index in [1.807, 2.05) is 33.3 Å². The van der Waals surface area contributed by atoms with Crippen LogP contribution in [0.15, 0.2) is 85.1 Å². The van der Waals surface area contributed by atoms with Gasteiger partial charge >= 0.3 is 5.97 Å². The number of phosphoric acid groups is 1. The third-order valence-corrected chi connectivity index (χ3v) is 15.8. The van der Waals surface area contributed by atoms with E-state index in [2.05, 4.69) is 99.0 Å². The van der Waals surface area contributed by atoms with Gasteiger partial charge in [0.1, 0.15) is 19.3 Å². The number of amides is 1. The zero-order valence-corrected chi connectivity index (χ0v) is 54.6. The Morgan fingerprint density at radius 3 is 1.21 bits per heavy atom. The van der Waals surface area contributed by atoms with Crippen molar-refractivity contribution < 1.29 is 37.3 Å². The van der Waals surface area contributed by atoms with E-state index in [9.17, 15) is 19.0 Å². The number of carbonyl (C=O) groups excluding carboxylic acids is 2. The molecule has 0 aromatic carbocycles. The molecular weight excluding hydrogens is 1020 g/mol. The Bertz CT molecular complexity index is 1660. The van der Waals surface area contributed by atoms with E-state index in [-0.39, 0.29) is 31.3 Å². The first-order chi connectivity index (χ1) is 39.4. The molecule has 0 aromatic heterocycles. The van der Waals surface area contributed by atoms with Gasteiger partial charge < -0.3 is 28.5 Å². The number of allylic oxidation sites excluding steroid dienone is 13. The molecule has 0 heterocycles. The fourth-order valence-electron chi connectivity index (χ4n) is 9.60. The number of likely N-dealkylation sites (N-methyl/N-ethyl adjacent to an activating group) is 1. The summed E-state index contributed by atoms with van der Waals surface area (Å²) < 4.78 is 30.4. The smallest absolute Gasteiger partial charge is 0.306 e. The molecule has 0 aromatic rings. The lowest BCUT2D eigenvalue weighted by atomic mass is 10.0. The van der Waals surface area contributed by atoms with Crippen molar-refractivity contribution in [3.05, 3.63) is 85.1 Å². The minimum absolute atomic E-state index is 0.0315. The highest BCUT2D eigenvalue weighted by Gasteiger charge is 2.27. The van der Waals surface area contributed by atoms with Gasteiger partial charge in [-0.15, -0.1) is 0 Å². The van der Waals surface area contributed by atoms with Gasteiger partial charge in [0.2, 0.25) is 5.91 Å². The highest BCUT2D eigenvalue weighted by molar-refractivity contribution is 7.45. The van der Waals surface area contributed by atoms with Gasteiger partial charge in [-0.25, -0.2) is 0 Å². The standard InChI is InChI=1S/C71H129N2O7P/c1-7-10-13-16-19-22-25-28-30-32-34-35-36-37-39-41-43-46-49-52-55-58-61-64-71(75)80-69(62-59-56-53-50-47-44-27-24-21-18-15-12-9-3)68(67-79-81(76,77)78-66-65-73(4,5)6)72-70(74)63-60-57-54-51-48-45-42-40-38-33-31-29-26-23-20-17-14-11-8-2/h11,14,20,23,28-31,38,40,45,48,59,62,68-69H,7-10,12-13,15-19,21-22,24-27,32-37,39,41-44,46-47,49-58,60-61,63-67H2,1-6H3,(H-,72,74,76,77)/b14-11-,23-20-,30-28+,31-29-,40-38-,48-45-,62-59+. The Balaban J connectivity index is 5.21. The lowest BCUT2D eigenvalue weighted by Gasteiger charge is -2.30. The Morgan fingerprint density at radius 2 is 0.790 bits per heavy atom. The maximum atomic E-state index is 13.6. The molecule has 0 rings (SSSR count). The van der Waals surface area contributed by atoms with Gasteiger partial charge in [-0.1, -0.05) is 273 Å². The van der Waals surface area contributed by atoms with Crippen LogP contribution in [0.1, 0.15) is 303 Å². The molecule has 0 radical (unpaired) electrons. The van der Waals surface area contributed by atoms with Crippen molar-refractivity contribution in [3.63, 3.8) is 0 Å². The maximum Gasteiger partial charge on any atom is 0.306 e. The lowest BCUT2D eigenvalue weighted by molar-refractivity contribution is -0.870. The molecule has 1 amide bonds. The van der Waals surface area contributed by atoms with Crippen LogP contribution in [0.5, 0.6) is 0 Å². The molecule has 0 saturated carbocycles. The average Bonchev–Trinajstić information content (AvgIpc) is 3.44. The topological polar surface area (TPSA) is 114 Å². The predicted molar refractivity (Wildman–Crippen MR) is 348 cm³/mol. The van der Waals surface area contributed by atoms with E-state index in [0.717, 1.165) is 89.9 Å². The SMILES string of the molecule is CC/C=C\C/C=C\C/C=C\C/C=C\C/C=C\CCCCCC(=O)NC(COP(=O)([O-])OCC[N+](C)(C)C)C(/C=C/CCCCCCCCCCCCC)OC(=O)CCCCCCCCCCCCCCC/C=C/CCCCCCCC. The normalized spacial score (nSPS) is 14.1. The van der Waals surface area contributed by atoms with Gasteiger partial charge in [0, 0.05) is 12.8 Å². The van der Waals surface area contributed by atoms with Crippen LogP contribution in [0.2, 0.25) is 0 Å². The number of quaternary nitrogens is 1. The number of esters is 1. The number of unbranched alkanes of at least 4 members (excludes halogenated alkanes) is 33. The third kappa shape index (κ3) is 61.6. The summed E-state index contributed by atoms with van der Waals surface area (Å²) in [4.78, 5) is 40.1. The van der Waals surface area contributed by atoms with E-state index in [1.54, 1.807) is 0 Å². The lowest BCUT2D eigenvalue weighted by Crippen LogP contribution is -2.47. The summed E-state index contributed by atoms with van der Waals surface area (Å²) in [6, 6.07) is -0.910. The number of nitrogens with one attached hydrogen (secondary N) is 1. The van der Waals surface area contributed by atoms with E-state index in [4.69, 9.17) is 13.8 Å². The van der Waals surface area contributed by atoms with Crippen LogP contribution in [-0.4, -0.2) is 69.4 Å². The number of hydrogen-bond donors (Lipinski definition) is 1. The van der Waals surface area contributed by atoms with Crippen molar-refractivity contribution in [2.75, 3.05) is 40.9 Å². The quantitative estimate of drug-likeness (QED) is 0.0212. The zero-order valence-electron chi connectivity index (χ0n) is 53.7. The Labute approximate surface area is 501 Å². The molecule has 0 bridgehead atoms. The van der Waals surface area contributed by atoms with E-state index in [1.165, 1.54) is 173 Å². The monoisotopic (exact) mass is 1150 g/mol. The first kappa shape index (κ1) is 78.2. The summed E-state index contributed by atoms with van der Waals surface area (Å²) in [6.45, 7) is 6.72. The molecule has 3 atom stereocenters. The average molecular weight is 1150 g/mol. The Morgan fingerprint density at radius 1 is 0.444 bits per heavy atom. The van der Waals surface area contributed by atoms with Crippen molar-refractivity contribution in [3.8, 4) is 0 Å². The van der Waals surface area contributed by atoms with Gasteiger partial charge in [-0.2, -0.15) is 0 Å². The second-order valence-corrected chi connectivity index (χ2v) is 25.4. The maximum absolute atomic E-state index is 13.6. The fourth-order valence-corrected chi connectivity index (χ4v) is 10.3. The highest BCUT2D eigenvalue weighted by Crippen LogP contribution is 2.38. The minimum atomic E-state index is -4.72. The van der Waals surface area contributed by atoms with Gasteiger partial charge in [0.25, 0.3) is 7.82 Å². The van der Waals surface area contributed by atoms with Crippen LogP contribution in [0.4, 0.5) is 0 Å². The van der Waals surface area contributed by atoms with Crippen LogP contribution in [0.25, 0.3) is 0 Å². The van der Waals surface area contributed by atoms with Crippen molar-refractivity contribution >= 4 is 19.7 Å². The summed E-state index contributed by atoms with van der Waals surface area (Å²) in [5.41, 5.74) is 0. The molecule has 470 valence electrons. The number of phosphoric ester groups is 1. The first-order valence-corrected chi connectivity index (χ1v) is 35.4. The fraction of sp³-hybridized carbons (Fsp3) is 0.775. The van der Waals surface area contributed by atoms with Crippen LogP contribution < -0.4 is 10.2 Å². The second-order valence-electron chi connectivity index (χ2n) is 23.9. The molecule has 0 fully saturated rings. The number of carbonyl (C=O) groups is 2. The van der Waals surface area contributed by atoms with E-state index >= 15 is 0 Å². The molecule has 0 saturated heterocycles. The van der Waals surface area contributed by atoms with Crippen molar-refractivity contribution in [1.82, 2.24) is 5.32 Å². The third-order valence-electron chi connectivity index (χ3n) is 14.8. The van der Waals surface area contributed by atoms with Crippen molar-refractivity contribution in [2.24, 2.45) is 0 Å². The van der Waals surface area contributed by atoms with Crippen LogP contribution >= 0.6 is 7.82 Å². The van der Waals surface area contributed by atoms with Gasteiger partial charge in [0.15, 0.2) is 0 Å². The molecular formula is C71H129N2O7P. The Kier molecular flexibility index (Phi) is 58.2. The van der Waals surface area contributed by atoms with Crippen LogP contribution in [0, 0.1) is 0 Å². The van der Waals surface area contributed by atoms with Gasteiger partial charge in [0.05, 0.1) is 33.8 Å². The molecule has 1 N–H and O–H groups in total. The number of ether oxygens (including phenoxy) is 1. The summed E-state index contributed by atoms with van der Waals surface area (Å²) in [6.07, 6.45) is 79.9. The zero-order chi connectivity index (χ0) is 59.3. The van der Waals surface area contributed by atoms with Gasteiger partial charge in [-0.3, -0.25) is 14.2 Å². The number of nitrogens with zero attached hydrogens (tertiary/aromatic N) is 1.